The number of amides is 1. The second-order valence-electron chi connectivity index (χ2n) is 8.78. The summed E-state index contributed by atoms with van der Waals surface area (Å²) in [5, 5.41) is 4.22. The van der Waals surface area contributed by atoms with Gasteiger partial charge in [0.15, 0.2) is 5.76 Å². The van der Waals surface area contributed by atoms with Crippen molar-refractivity contribution >= 4 is 5.91 Å². The van der Waals surface area contributed by atoms with Gasteiger partial charge < -0.3 is 9.42 Å². The van der Waals surface area contributed by atoms with E-state index in [1.807, 2.05) is 77.7 Å². The number of piperazine rings is 1. The van der Waals surface area contributed by atoms with Gasteiger partial charge in [-0.2, -0.15) is 0 Å². The first-order chi connectivity index (χ1) is 16.8. The normalized spacial score (nSPS) is 14.4. The summed E-state index contributed by atoms with van der Waals surface area (Å²) < 4.78 is 5.57. The molecule has 0 unspecified atom stereocenters. The molecule has 1 aromatic heterocycles. The number of hydrogen-bond donors (Lipinski definition) is 0. The van der Waals surface area contributed by atoms with Gasteiger partial charge in [-0.1, -0.05) is 96.2 Å². The Balaban J connectivity index is 1.18. The molecule has 0 aliphatic carbocycles. The van der Waals surface area contributed by atoms with Crippen LogP contribution in [-0.2, 0) is 11.3 Å². The van der Waals surface area contributed by atoms with Crippen LogP contribution in [0.1, 0.15) is 29.2 Å². The lowest BCUT2D eigenvalue weighted by Crippen LogP contribution is -2.48. The first-order valence-corrected chi connectivity index (χ1v) is 11.9. The quantitative estimate of drug-likeness (QED) is 0.387. The zero-order chi connectivity index (χ0) is 23.2. The lowest BCUT2D eigenvalue weighted by Gasteiger charge is -2.35. The summed E-state index contributed by atoms with van der Waals surface area (Å²) >= 11 is 0. The SMILES string of the molecule is O=C(CC(c1ccccc1)c1ccccc1)N1CCN(Cc2cc(-c3ccccc3)no2)CC1. The molecule has 172 valence electrons. The fourth-order valence-corrected chi connectivity index (χ4v) is 4.61. The van der Waals surface area contributed by atoms with E-state index in [2.05, 4.69) is 34.3 Å². The second-order valence-corrected chi connectivity index (χ2v) is 8.78. The number of nitrogens with zero attached hydrogens (tertiary/aromatic N) is 3. The average Bonchev–Trinajstić information content (AvgIpc) is 3.37. The lowest BCUT2D eigenvalue weighted by molar-refractivity contribution is -0.133. The number of aromatic nitrogens is 1. The Bertz CT molecular complexity index is 1140. The van der Waals surface area contributed by atoms with Crippen molar-refractivity contribution in [3.8, 4) is 11.3 Å². The summed E-state index contributed by atoms with van der Waals surface area (Å²) in [6, 6.07) is 32.7. The van der Waals surface area contributed by atoms with Crippen molar-refractivity contribution in [2.45, 2.75) is 18.9 Å². The minimum absolute atomic E-state index is 0.0681. The molecule has 2 heterocycles. The van der Waals surface area contributed by atoms with Gasteiger partial charge in [-0.25, -0.2) is 0 Å². The molecular formula is C29H29N3O2. The van der Waals surface area contributed by atoms with E-state index in [4.69, 9.17) is 4.52 Å². The molecule has 5 heteroatoms. The van der Waals surface area contributed by atoms with Crippen molar-refractivity contribution in [2.24, 2.45) is 0 Å². The molecule has 5 nitrogen and oxygen atoms in total. The molecule has 1 aliphatic rings. The molecule has 0 saturated carbocycles. The van der Waals surface area contributed by atoms with Crippen LogP contribution in [0.4, 0.5) is 0 Å². The maximum Gasteiger partial charge on any atom is 0.223 e. The Morgan fingerprint density at radius 1 is 0.794 bits per heavy atom. The van der Waals surface area contributed by atoms with E-state index < -0.39 is 0 Å². The number of hydrogen-bond acceptors (Lipinski definition) is 4. The van der Waals surface area contributed by atoms with E-state index in [-0.39, 0.29) is 11.8 Å². The molecule has 1 saturated heterocycles. The largest absolute Gasteiger partial charge is 0.359 e. The van der Waals surface area contributed by atoms with Gasteiger partial charge in [-0.3, -0.25) is 9.69 Å². The molecule has 3 aromatic carbocycles. The zero-order valence-corrected chi connectivity index (χ0v) is 19.2. The molecular weight excluding hydrogens is 422 g/mol. The van der Waals surface area contributed by atoms with Crippen LogP contribution < -0.4 is 0 Å². The number of rotatable bonds is 7. The maximum absolute atomic E-state index is 13.3. The Morgan fingerprint density at radius 2 is 1.35 bits per heavy atom. The number of carbonyl (C=O) groups excluding carboxylic acids is 1. The van der Waals surface area contributed by atoms with Crippen molar-refractivity contribution in [3.05, 3.63) is 114 Å². The molecule has 0 N–H and O–H groups in total. The fraction of sp³-hybridized carbons (Fsp3) is 0.241. The molecule has 5 rings (SSSR count). The van der Waals surface area contributed by atoms with E-state index in [1.165, 1.54) is 11.1 Å². The molecule has 0 bridgehead atoms. The second kappa shape index (κ2) is 10.5. The first kappa shape index (κ1) is 22.1. The smallest absolute Gasteiger partial charge is 0.223 e. The summed E-state index contributed by atoms with van der Waals surface area (Å²) in [6.07, 6.45) is 0.483. The Morgan fingerprint density at radius 3 is 1.94 bits per heavy atom. The summed E-state index contributed by atoms with van der Waals surface area (Å²) in [6.45, 7) is 3.82. The van der Waals surface area contributed by atoms with E-state index in [0.717, 1.165) is 43.2 Å². The Hall–Kier alpha value is -3.70. The summed E-state index contributed by atoms with van der Waals surface area (Å²) in [5.74, 6) is 1.13. The predicted octanol–water partition coefficient (Wildman–Crippen LogP) is 5.21. The highest BCUT2D eigenvalue weighted by Gasteiger charge is 2.25. The lowest BCUT2D eigenvalue weighted by atomic mass is 9.88. The van der Waals surface area contributed by atoms with Gasteiger partial charge in [0.25, 0.3) is 0 Å². The van der Waals surface area contributed by atoms with Crippen LogP contribution in [0.15, 0.2) is 102 Å². The Kier molecular flexibility index (Phi) is 6.82. The highest BCUT2D eigenvalue weighted by molar-refractivity contribution is 5.78. The third-order valence-corrected chi connectivity index (χ3v) is 6.52. The van der Waals surface area contributed by atoms with Crippen LogP contribution in [0.3, 0.4) is 0 Å². The number of benzene rings is 3. The summed E-state index contributed by atoms with van der Waals surface area (Å²) in [4.78, 5) is 17.6. The van der Waals surface area contributed by atoms with E-state index in [1.54, 1.807) is 0 Å². The van der Waals surface area contributed by atoms with Crippen LogP contribution in [0.25, 0.3) is 11.3 Å². The van der Waals surface area contributed by atoms with Crippen LogP contribution in [0, 0.1) is 0 Å². The molecule has 1 fully saturated rings. The van der Waals surface area contributed by atoms with Crippen LogP contribution in [0.5, 0.6) is 0 Å². The van der Waals surface area contributed by atoms with Gasteiger partial charge in [0.2, 0.25) is 5.91 Å². The van der Waals surface area contributed by atoms with E-state index in [0.29, 0.717) is 13.0 Å². The standard InChI is InChI=1S/C29H29N3O2/c33-29(21-27(23-10-4-1-5-11-23)24-12-6-2-7-13-24)32-18-16-31(17-19-32)22-26-20-28(30-34-26)25-14-8-3-9-15-25/h1-15,20,27H,16-19,21-22H2. The molecule has 34 heavy (non-hydrogen) atoms. The van der Waals surface area contributed by atoms with Crippen LogP contribution in [0.2, 0.25) is 0 Å². The van der Waals surface area contributed by atoms with Crippen molar-refractivity contribution in [3.63, 3.8) is 0 Å². The van der Waals surface area contributed by atoms with Gasteiger partial charge in [0.05, 0.1) is 6.54 Å². The molecule has 4 aromatic rings. The Labute approximate surface area is 200 Å². The highest BCUT2D eigenvalue weighted by Crippen LogP contribution is 2.29. The fourth-order valence-electron chi connectivity index (χ4n) is 4.61. The minimum Gasteiger partial charge on any atom is -0.359 e. The van der Waals surface area contributed by atoms with Crippen molar-refractivity contribution < 1.29 is 9.32 Å². The van der Waals surface area contributed by atoms with Crippen LogP contribution in [-0.4, -0.2) is 47.0 Å². The number of carbonyl (C=O) groups is 1. The third-order valence-electron chi connectivity index (χ3n) is 6.52. The zero-order valence-electron chi connectivity index (χ0n) is 19.2. The maximum atomic E-state index is 13.3. The summed E-state index contributed by atoms with van der Waals surface area (Å²) in [7, 11) is 0. The molecule has 0 atom stereocenters. The monoisotopic (exact) mass is 451 g/mol. The molecule has 0 spiro atoms. The third kappa shape index (κ3) is 5.26. The first-order valence-electron chi connectivity index (χ1n) is 11.9. The average molecular weight is 452 g/mol. The molecule has 0 radical (unpaired) electrons. The molecule has 1 amide bonds. The van der Waals surface area contributed by atoms with E-state index >= 15 is 0 Å². The van der Waals surface area contributed by atoms with Gasteiger partial charge >= 0.3 is 0 Å². The topological polar surface area (TPSA) is 49.6 Å². The van der Waals surface area contributed by atoms with Crippen molar-refractivity contribution in [1.82, 2.24) is 15.0 Å². The highest BCUT2D eigenvalue weighted by atomic mass is 16.5. The van der Waals surface area contributed by atoms with Gasteiger partial charge in [0, 0.05) is 50.1 Å². The molecule has 1 aliphatic heterocycles. The van der Waals surface area contributed by atoms with Gasteiger partial charge in [0.1, 0.15) is 5.69 Å². The van der Waals surface area contributed by atoms with Crippen molar-refractivity contribution in [1.29, 1.82) is 0 Å². The summed E-state index contributed by atoms with van der Waals surface area (Å²) in [5.41, 5.74) is 4.28. The van der Waals surface area contributed by atoms with Crippen LogP contribution >= 0.6 is 0 Å². The van der Waals surface area contributed by atoms with Gasteiger partial charge in [-0.15, -0.1) is 0 Å². The minimum atomic E-state index is 0.0681. The predicted molar refractivity (Wildman–Crippen MR) is 133 cm³/mol. The van der Waals surface area contributed by atoms with Crippen molar-refractivity contribution in [2.75, 3.05) is 26.2 Å². The van der Waals surface area contributed by atoms with E-state index in [9.17, 15) is 4.79 Å². The van der Waals surface area contributed by atoms with Gasteiger partial charge in [-0.05, 0) is 11.1 Å².